The van der Waals surface area contributed by atoms with Crippen molar-refractivity contribution in [3.63, 3.8) is 0 Å². The van der Waals surface area contributed by atoms with Crippen LogP contribution in [0.2, 0.25) is 0 Å². The number of piperazine rings is 1. The molecular weight excluding hydrogens is 370 g/mol. The molecule has 2 amide bonds. The van der Waals surface area contributed by atoms with Crippen molar-refractivity contribution in [2.45, 2.75) is 6.92 Å². The third-order valence-corrected chi connectivity index (χ3v) is 4.90. The molecule has 3 rings (SSSR count). The second-order valence-electron chi connectivity index (χ2n) is 6.71. The van der Waals surface area contributed by atoms with E-state index in [4.69, 9.17) is 9.47 Å². The highest BCUT2D eigenvalue weighted by molar-refractivity contribution is 5.96. The van der Waals surface area contributed by atoms with Crippen LogP contribution in [0.4, 0.5) is 5.69 Å². The van der Waals surface area contributed by atoms with Crippen LogP contribution in [0.15, 0.2) is 48.5 Å². The summed E-state index contributed by atoms with van der Waals surface area (Å²) >= 11 is 0. The van der Waals surface area contributed by atoms with E-state index in [-0.39, 0.29) is 18.4 Å². The molecule has 154 valence electrons. The number of hydrogen-bond acceptors (Lipinski definition) is 5. The molecule has 1 aliphatic heterocycles. The number of carbonyl (C=O) groups excluding carboxylic acids is 2. The van der Waals surface area contributed by atoms with Crippen LogP contribution in [0.3, 0.4) is 0 Å². The van der Waals surface area contributed by atoms with Gasteiger partial charge < -0.3 is 24.6 Å². The summed E-state index contributed by atoms with van der Waals surface area (Å²) in [4.78, 5) is 28.7. The second kappa shape index (κ2) is 9.82. The first-order valence-electron chi connectivity index (χ1n) is 9.78. The summed E-state index contributed by atoms with van der Waals surface area (Å²) in [6.07, 6.45) is 0. The smallest absolute Gasteiger partial charge is 0.251 e. The lowest BCUT2D eigenvalue weighted by atomic mass is 10.2. The van der Waals surface area contributed by atoms with Gasteiger partial charge in [0.15, 0.2) is 0 Å². The summed E-state index contributed by atoms with van der Waals surface area (Å²) in [5.74, 6) is 1.21. The first-order valence-corrected chi connectivity index (χ1v) is 9.78. The molecule has 0 unspecified atom stereocenters. The average molecular weight is 397 g/mol. The fraction of sp³-hybridized carbons (Fsp3) is 0.364. The Bertz CT molecular complexity index is 813. The number of anilines is 1. The maximum atomic E-state index is 12.5. The number of rotatable bonds is 7. The van der Waals surface area contributed by atoms with Crippen molar-refractivity contribution in [1.29, 1.82) is 0 Å². The Morgan fingerprint density at radius 2 is 1.55 bits per heavy atom. The molecule has 0 aliphatic carbocycles. The highest BCUT2D eigenvalue weighted by Gasteiger charge is 2.21. The molecule has 2 aromatic rings. The SMILES string of the molecule is CCOc1ccc(C(=O)NCC(=O)N2CCN(c3ccc(OC)cc3)CC2)cc1. The van der Waals surface area contributed by atoms with Crippen LogP contribution in [0.25, 0.3) is 0 Å². The largest absolute Gasteiger partial charge is 0.497 e. The van der Waals surface area contributed by atoms with Gasteiger partial charge >= 0.3 is 0 Å². The molecule has 1 heterocycles. The molecule has 1 fully saturated rings. The number of carbonyl (C=O) groups is 2. The fourth-order valence-electron chi connectivity index (χ4n) is 3.25. The van der Waals surface area contributed by atoms with Crippen molar-refractivity contribution >= 4 is 17.5 Å². The lowest BCUT2D eigenvalue weighted by Crippen LogP contribution is -2.51. The number of amides is 2. The molecule has 0 spiro atoms. The zero-order chi connectivity index (χ0) is 20.6. The van der Waals surface area contributed by atoms with Gasteiger partial charge in [0.2, 0.25) is 5.91 Å². The molecule has 0 saturated carbocycles. The van der Waals surface area contributed by atoms with Crippen LogP contribution >= 0.6 is 0 Å². The Morgan fingerprint density at radius 1 is 0.931 bits per heavy atom. The summed E-state index contributed by atoms with van der Waals surface area (Å²) < 4.78 is 10.6. The number of nitrogens with one attached hydrogen (secondary N) is 1. The van der Waals surface area contributed by atoms with Crippen LogP contribution in [0, 0.1) is 0 Å². The Balaban J connectivity index is 1.45. The zero-order valence-corrected chi connectivity index (χ0v) is 16.9. The second-order valence-corrected chi connectivity index (χ2v) is 6.71. The normalized spacial score (nSPS) is 13.7. The molecule has 2 aromatic carbocycles. The Labute approximate surface area is 171 Å². The quantitative estimate of drug-likeness (QED) is 0.775. The van der Waals surface area contributed by atoms with Crippen LogP contribution in [-0.2, 0) is 4.79 Å². The molecule has 7 nitrogen and oxygen atoms in total. The van der Waals surface area contributed by atoms with Gasteiger partial charge in [-0.05, 0) is 55.5 Å². The van der Waals surface area contributed by atoms with Crippen LogP contribution in [0.1, 0.15) is 17.3 Å². The van der Waals surface area contributed by atoms with Gasteiger partial charge in [-0.1, -0.05) is 0 Å². The third kappa shape index (κ3) is 5.40. The number of ether oxygens (including phenoxy) is 2. The molecule has 7 heteroatoms. The van der Waals surface area contributed by atoms with E-state index in [1.807, 2.05) is 31.2 Å². The van der Waals surface area contributed by atoms with E-state index >= 15 is 0 Å². The first kappa shape index (κ1) is 20.5. The van der Waals surface area contributed by atoms with E-state index in [0.29, 0.717) is 25.3 Å². The standard InChI is InChI=1S/C22H27N3O4/c1-3-29-20-8-4-17(5-9-20)22(27)23-16-21(26)25-14-12-24(13-15-25)18-6-10-19(28-2)11-7-18/h4-11H,3,12-16H2,1-2H3,(H,23,27). The van der Waals surface area contributed by atoms with Gasteiger partial charge in [0.05, 0.1) is 20.3 Å². The van der Waals surface area contributed by atoms with Crippen molar-refractivity contribution in [3.8, 4) is 11.5 Å². The minimum absolute atomic E-state index is 0.00538. The molecule has 0 radical (unpaired) electrons. The van der Waals surface area contributed by atoms with E-state index < -0.39 is 0 Å². The zero-order valence-electron chi connectivity index (χ0n) is 16.9. The van der Waals surface area contributed by atoms with Crippen LogP contribution in [0.5, 0.6) is 11.5 Å². The lowest BCUT2D eigenvalue weighted by molar-refractivity contribution is -0.130. The van der Waals surface area contributed by atoms with Gasteiger partial charge in [-0.25, -0.2) is 0 Å². The number of methoxy groups -OCH3 is 1. The minimum Gasteiger partial charge on any atom is -0.497 e. The third-order valence-electron chi connectivity index (χ3n) is 4.90. The fourth-order valence-corrected chi connectivity index (χ4v) is 3.25. The topological polar surface area (TPSA) is 71.1 Å². The molecule has 0 aromatic heterocycles. The highest BCUT2D eigenvalue weighted by atomic mass is 16.5. The molecule has 0 atom stereocenters. The van der Waals surface area contributed by atoms with Gasteiger partial charge in [-0.2, -0.15) is 0 Å². The first-order chi connectivity index (χ1) is 14.1. The van der Waals surface area contributed by atoms with E-state index in [1.54, 1.807) is 36.3 Å². The molecule has 1 aliphatic rings. The summed E-state index contributed by atoms with van der Waals surface area (Å²) in [7, 11) is 1.65. The number of benzene rings is 2. The summed E-state index contributed by atoms with van der Waals surface area (Å²) in [5.41, 5.74) is 1.62. The van der Waals surface area contributed by atoms with E-state index in [0.717, 1.165) is 30.3 Å². The lowest BCUT2D eigenvalue weighted by Gasteiger charge is -2.36. The summed E-state index contributed by atoms with van der Waals surface area (Å²) in [5, 5.41) is 2.70. The number of hydrogen-bond donors (Lipinski definition) is 1. The minimum atomic E-state index is -0.265. The maximum absolute atomic E-state index is 12.5. The van der Waals surface area contributed by atoms with Crippen molar-refractivity contribution < 1.29 is 19.1 Å². The van der Waals surface area contributed by atoms with Crippen LogP contribution < -0.4 is 19.7 Å². The average Bonchev–Trinajstić information content (AvgIpc) is 2.78. The van der Waals surface area contributed by atoms with Crippen molar-refractivity contribution in [2.75, 3.05) is 51.3 Å². The van der Waals surface area contributed by atoms with Crippen molar-refractivity contribution in [2.24, 2.45) is 0 Å². The molecule has 1 saturated heterocycles. The monoisotopic (exact) mass is 397 g/mol. The van der Waals surface area contributed by atoms with E-state index in [1.165, 1.54) is 0 Å². The molecule has 1 N–H and O–H groups in total. The van der Waals surface area contributed by atoms with Crippen molar-refractivity contribution in [3.05, 3.63) is 54.1 Å². The molecule has 0 bridgehead atoms. The molecule has 29 heavy (non-hydrogen) atoms. The summed E-state index contributed by atoms with van der Waals surface area (Å²) in [6, 6.07) is 14.8. The van der Waals surface area contributed by atoms with E-state index in [2.05, 4.69) is 10.2 Å². The van der Waals surface area contributed by atoms with Crippen molar-refractivity contribution in [1.82, 2.24) is 10.2 Å². The maximum Gasteiger partial charge on any atom is 0.251 e. The van der Waals surface area contributed by atoms with E-state index in [9.17, 15) is 9.59 Å². The molecular formula is C22H27N3O4. The predicted molar refractivity (Wildman–Crippen MR) is 112 cm³/mol. The van der Waals surface area contributed by atoms with Gasteiger partial charge in [-0.3, -0.25) is 9.59 Å². The Hall–Kier alpha value is -3.22. The Kier molecular flexibility index (Phi) is 6.94. The highest BCUT2D eigenvalue weighted by Crippen LogP contribution is 2.20. The number of nitrogens with zero attached hydrogens (tertiary/aromatic N) is 2. The Morgan fingerprint density at radius 3 is 2.14 bits per heavy atom. The van der Waals surface area contributed by atoms with Gasteiger partial charge in [0.1, 0.15) is 11.5 Å². The van der Waals surface area contributed by atoms with Gasteiger partial charge in [-0.15, -0.1) is 0 Å². The van der Waals surface area contributed by atoms with Crippen LogP contribution in [-0.4, -0.2) is 63.2 Å². The van der Waals surface area contributed by atoms with Gasteiger partial charge in [0, 0.05) is 37.4 Å². The van der Waals surface area contributed by atoms with Gasteiger partial charge in [0.25, 0.3) is 5.91 Å². The predicted octanol–water partition coefficient (Wildman–Crippen LogP) is 2.17. The summed E-state index contributed by atoms with van der Waals surface area (Å²) in [6.45, 7) is 5.24.